The number of rotatable bonds is 5. The van der Waals surface area contributed by atoms with Crippen LogP contribution in [0.2, 0.25) is 0 Å². The summed E-state index contributed by atoms with van der Waals surface area (Å²) in [5, 5.41) is 0. The Morgan fingerprint density at radius 1 is 1.35 bits per heavy atom. The van der Waals surface area contributed by atoms with Crippen LogP contribution in [0.15, 0.2) is 0 Å². The van der Waals surface area contributed by atoms with E-state index in [-0.39, 0.29) is 6.54 Å². The molecule has 2 heterocycles. The molecule has 5 atom stereocenters. The van der Waals surface area contributed by atoms with E-state index in [9.17, 15) is 8.42 Å². The first-order valence-corrected chi connectivity index (χ1v) is 7.43. The zero-order valence-electron chi connectivity index (χ0n) is 11.4. The predicted molar refractivity (Wildman–Crippen MR) is 65.0 cm³/mol. The summed E-state index contributed by atoms with van der Waals surface area (Å²) in [4.78, 5) is 0. The molecular formula is C10H19NO8S. The molecule has 2 rings (SSSR count). The molecule has 2 aliphatic rings. The second-order valence-corrected chi connectivity index (χ2v) is 6.12. The van der Waals surface area contributed by atoms with Gasteiger partial charge in [-0.25, -0.2) is 4.18 Å². The average Bonchev–Trinajstić information content (AvgIpc) is 2.78. The van der Waals surface area contributed by atoms with E-state index in [1.54, 1.807) is 13.8 Å². The number of hydrogen-bond donors (Lipinski definition) is 2. The van der Waals surface area contributed by atoms with Crippen LogP contribution >= 0.6 is 0 Å². The highest BCUT2D eigenvalue weighted by atomic mass is 32.3. The molecule has 0 aromatic carbocycles. The lowest BCUT2D eigenvalue weighted by molar-refractivity contribution is -0.234. The van der Waals surface area contributed by atoms with Crippen LogP contribution in [0.3, 0.4) is 0 Å². The zero-order valence-corrected chi connectivity index (χ0v) is 12.2. The summed E-state index contributed by atoms with van der Waals surface area (Å²) < 4.78 is 57.0. The fraction of sp³-hybridized carbons (Fsp3) is 1.00. The summed E-state index contributed by atoms with van der Waals surface area (Å²) in [5.74, 6) is -0.856. The van der Waals surface area contributed by atoms with Gasteiger partial charge in [0.05, 0.1) is 0 Å². The molecule has 118 valence electrons. The van der Waals surface area contributed by atoms with Gasteiger partial charge in [-0.2, -0.15) is 8.42 Å². The molecule has 0 aliphatic carbocycles. The molecule has 20 heavy (non-hydrogen) atoms. The summed E-state index contributed by atoms with van der Waals surface area (Å²) >= 11 is 0. The van der Waals surface area contributed by atoms with Crippen LogP contribution in [0.5, 0.6) is 0 Å². The Morgan fingerprint density at radius 2 is 1.95 bits per heavy atom. The third-order valence-electron chi connectivity index (χ3n) is 3.12. The Kier molecular flexibility index (Phi) is 4.38. The van der Waals surface area contributed by atoms with Gasteiger partial charge in [-0.1, -0.05) is 0 Å². The maximum atomic E-state index is 10.8. The van der Waals surface area contributed by atoms with E-state index in [0.717, 1.165) is 0 Å². The number of methoxy groups -OCH3 is 1. The van der Waals surface area contributed by atoms with E-state index < -0.39 is 46.9 Å². The van der Waals surface area contributed by atoms with E-state index in [4.69, 9.17) is 29.2 Å². The van der Waals surface area contributed by atoms with Gasteiger partial charge in [0, 0.05) is 13.7 Å². The number of hydrogen-bond acceptors (Lipinski definition) is 8. The van der Waals surface area contributed by atoms with Crippen LogP contribution in [0.4, 0.5) is 0 Å². The van der Waals surface area contributed by atoms with Gasteiger partial charge < -0.3 is 24.7 Å². The van der Waals surface area contributed by atoms with Crippen molar-refractivity contribution >= 4 is 10.4 Å². The molecule has 0 unspecified atom stereocenters. The number of nitrogens with two attached hydrogens (primary N) is 1. The van der Waals surface area contributed by atoms with E-state index in [0.29, 0.717) is 0 Å². The highest BCUT2D eigenvalue weighted by Crippen LogP contribution is 2.40. The van der Waals surface area contributed by atoms with Crippen LogP contribution in [-0.2, 0) is 33.5 Å². The molecule has 0 aromatic rings. The fourth-order valence-corrected chi connectivity index (χ4v) is 2.97. The first-order valence-electron chi connectivity index (χ1n) is 6.06. The summed E-state index contributed by atoms with van der Waals surface area (Å²) in [5.41, 5.74) is 5.48. The van der Waals surface area contributed by atoms with E-state index in [1.165, 1.54) is 7.11 Å². The average molecular weight is 313 g/mol. The zero-order chi connectivity index (χ0) is 15.1. The van der Waals surface area contributed by atoms with Crippen LogP contribution < -0.4 is 5.73 Å². The topological polar surface area (TPSA) is 127 Å². The van der Waals surface area contributed by atoms with Crippen molar-refractivity contribution in [3.05, 3.63) is 0 Å². The molecule has 0 saturated carbocycles. The van der Waals surface area contributed by atoms with Gasteiger partial charge in [0.2, 0.25) is 0 Å². The van der Waals surface area contributed by atoms with Crippen molar-refractivity contribution in [1.82, 2.24) is 0 Å². The van der Waals surface area contributed by atoms with Crippen LogP contribution in [0.1, 0.15) is 13.8 Å². The molecule has 10 heteroatoms. The van der Waals surface area contributed by atoms with Gasteiger partial charge >= 0.3 is 10.4 Å². The van der Waals surface area contributed by atoms with Gasteiger partial charge in [-0.15, -0.1) is 0 Å². The second-order valence-electron chi connectivity index (χ2n) is 5.07. The molecule has 0 spiro atoms. The SMILES string of the molecule is CO[C@H]1O[C@H]([C@@H](CN)OS(=O)(=O)O)[C@@H]2OC(C)(C)O[C@H]12. The summed E-state index contributed by atoms with van der Waals surface area (Å²) in [6.45, 7) is 3.25. The van der Waals surface area contributed by atoms with Gasteiger partial charge in [0.1, 0.15) is 24.4 Å². The van der Waals surface area contributed by atoms with Crippen molar-refractivity contribution in [2.45, 2.75) is 50.3 Å². The minimum absolute atomic E-state index is 0.187. The largest absolute Gasteiger partial charge is 0.397 e. The minimum atomic E-state index is -4.65. The number of fused-ring (bicyclic) bond motifs is 1. The lowest BCUT2D eigenvalue weighted by atomic mass is 10.1. The molecule has 2 fully saturated rings. The van der Waals surface area contributed by atoms with Crippen molar-refractivity contribution in [1.29, 1.82) is 0 Å². The van der Waals surface area contributed by atoms with Crippen molar-refractivity contribution < 1.29 is 36.1 Å². The Labute approximate surface area is 117 Å². The van der Waals surface area contributed by atoms with E-state index in [2.05, 4.69) is 4.18 Å². The van der Waals surface area contributed by atoms with Gasteiger partial charge in [-0.05, 0) is 13.8 Å². The first kappa shape index (κ1) is 16.0. The third-order valence-corrected chi connectivity index (χ3v) is 3.61. The Balaban J connectivity index is 2.19. The molecule has 9 nitrogen and oxygen atoms in total. The van der Waals surface area contributed by atoms with Crippen molar-refractivity contribution in [2.24, 2.45) is 5.73 Å². The highest BCUT2D eigenvalue weighted by Gasteiger charge is 2.58. The maximum Gasteiger partial charge on any atom is 0.397 e. The molecule has 0 radical (unpaired) electrons. The van der Waals surface area contributed by atoms with Crippen LogP contribution in [-0.4, -0.2) is 63.1 Å². The summed E-state index contributed by atoms with van der Waals surface area (Å²) in [7, 11) is -3.22. The van der Waals surface area contributed by atoms with E-state index >= 15 is 0 Å². The van der Waals surface area contributed by atoms with Gasteiger partial charge in [0.25, 0.3) is 0 Å². The Morgan fingerprint density at radius 3 is 2.45 bits per heavy atom. The molecule has 0 bridgehead atoms. The van der Waals surface area contributed by atoms with E-state index in [1.807, 2.05) is 0 Å². The maximum absolute atomic E-state index is 10.8. The third kappa shape index (κ3) is 3.28. The smallest absolute Gasteiger partial charge is 0.353 e. The lowest BCUT2D eigenvalue weighted by Gasteiger charge is -2.26. The monoisotopic (exact) mass is 313 g/mol. The molecule has 2 saturated heterocycles. The lowest BCUT2D eigenvalue weighted by Crippen LogP contribution is -2.45. The van der Waals surface area contributed by atoms with Crippen LogP contribution in [0, 0.1) is 0 Å². The van der Waals surface area contributed by atoms with Gasteiger partial charge in [-0.3, -0.25) is 4.55 Å². The van der Waals surface area contributed by atoms with Crippen molar-refractivity contribution in [3.63, 3.8) is 0 Å². The van der Waals surface area contributed by atoms with Gasteiger partial charge in [0.15, 0.2) is 12.1 Å². The molecular weight excluding hydrogens is 294 g/mol. The normalized spacial score (nSPS) is 37.9. The Hall–Kier alpha value is -0.330. The standard InChI is InChI=1S/C10H19NO8S/c1-10(2)17-7-6(5(4-11)19-20(12,13)14)16-9(15-3)8(7)18-10/h5-9H,4,11H2,1-3H3,(H,12,13,14)/t5-,6-,7+,8+,9+/m1/s1. The first-order chi connectivity index (χ1) is 9.17. The van der Waals surface area contributed by atoms with Crippen LogP contribution in [0.25, 0.3) is 0 Å². The summed E-state index contributed by atoms with van der Waals surface area (Å²) in [6.07, 6.45) is -3.80. The molecule has 0 amide bonds. The predicted octanol–water partition coefficient (Wildman–Crippen LogP) is -0.975. The minimum Gasteiger partial charge on any atom is -0.353 e. The number of ether oxygens (including phenoxy) is 4. The highest BCUT2D eigenvalue weighted by molar-refractivity contribution is 7.80. The molecule has 0 aromatic heterocycles. The van der Waals surface area contributed by atoms with Crippen molar-refractivity contribution in [2.75, 3.05) is 13.7 Å². The Bertz CT molecular complexity index is 452. The summed E-state index contributed by atoms with van der Waals surface area (Å²) in [6, 6.07) is 0. The fourth-order valence-electron chi connectivity index (χ4n) is 2.46. The van der Waals surface area contributed by atoms with Crippen molar-refractivity contribution in [3.8, 4) is 0 Å². The molecule has 3 N–H and O–H groups in total. The quantitative estimate of drug-likeness (QED) is 0.616. The second kappa shape index (κ2) is 5.46. The molecule has 2 aliphatic heterocycles.